The van der Waals surface area contributed by atoms with Gasteiger partial charge in [0, 0.05) is 37.0 Å². The van der Waals surface area contributed by atoms with E-state index < -0.39 is 0 Å². The predicted molar refractivity (Wildman–Crippen MR) is 113 cm³/mol. The molecular weight excluding hydrogens is 368 g/mol. The molecule has 0 aromatic heterocycles. The van der Waals surface area contributed by atoms with Crippen molar-refractivity contribution in [3.05, 3.63) is 65.7 Å². The highest BCUT2D eigenvalue weighted by atomic mass is 32.2. The summed E-state index contributed by atoms with van der Waals surface area (Å²) in [6.07, 6.45) is 0.948. The molecule has 0 spiro atoms. The van der Waals surface area contributed by atoms with Crippen LogP contribution in [0.3, 0.4) is 0 Å². The Balaban J connectivity index is 1.34. The molecule has 1 aliphatic heterocycles. The lowest BCUT2D eigenvalue weighted by Gasteiger charge is -2.35. The molecule has 1 heterocycles. The number of benzene rings is 2. The molecule has 0 unspecified atom stereocenters. The summed E-state index contributed by atoms with van der Waals surface area (Å²) < 4.78 is 0. The van der Waals surface area contributed by atoms with Crippen molar-refractivity contribution < 1.29 is 9.59 Å². The minimum Gasteiger partial charge on any atom is -0.339 e. The van der Waals surface area contributed by atoms with E-state index in [9.17, 15) is 9.59 Å². The van der Waals surface area contributed by atoms with Crippen molar-refractivity contribution in [1.82, 2.24) is 9.80 Å². The largest absolute Gasteiger partial charge is 0.339 e. The fourth-order valence-corrected chi connectivity index (χ4v) is 4.79. The average molecular weight is 395 g/mol. The van der Waals surface area contributed by atoms with Crippen molar-refractivity contribution >= 4 is 23.6 Å². The van der Waals surface area contributed by atoms with Gasteiger partial charge in [-0.2, -0.15) is 0 Å². The quantitative estimate of drug-likeness (QED) is 0.723. The topological polar surface area (TPSA) is 40.6 Å². The summed E-state index contributed by atoms with van der Waals surface area (Å²) in [4.78, 5) is 30.7. The minimum atomic E-state index is 0.0808. The maximum absolute atomic E-state index is 13.0. The first-order chi connectivity index (χ1) is 13.7. The molecule has 1 aliphatic carbocycles. The maximum atomic E-state index is 13.0. The Kier molecular flexibility index (Phi) is 5.72. The van der Waals surface area contributed by atoms with Crippen LogP contribution in [0.25, 0.3) is 0 Å². The molecule has 2 atom stereocenters. The molecule has 5 heteroatoms. The minimum absolute atomic E-state index is 0.0808. The van der Waals surface area contributed by atoms with Gasteiger partial charge < -0.3 is 9.80 Å². The van der Waals surface area contributed by atoms with Crippen LogP contribution in [-0.4, -0.2) is 53.5 Å². The molecule has 2 aliphatic rings. The number of thioether (sulfide) groups is 1. The summed E-state index contributed by atoms with van der Waals surface area (Å²) in [7, 11) is 0. The van der Waals surface area contributed by atoms with Crippen LogP contribution in [0.1, 0.15) is 35.2 Å². The van der Waals surface area contributed by atoms with Crippen molar-refractivity contribution in [2.45, 2.75) is 24.2 Å². The fraction of sp³-hybridized carbons (Fsp3) is 0.391. The summed E-state index contributed by atoms with van der Waals surface area (Å²) in [5.41, 5.74) is 2.04. The fourth-order valence-electron chi connectivity index (χ4n) is 4.00. The van der Waals surface area contributed by atoms with Gasteiger partial charge in [-0.25, -0.2) is 0 Å². The second-order valence-corrected chi connectivity index (χ2v) is 8.71. The van der Waals surface area contributed by atoms with Crippen molar-refractivity contribution in [2.75, 3.05) is 31.9 Å². The number of amides is 2. The summed E-state index contributed by atoms with van der Waals surface area (Å²) in [5, 5.41) is 0. The van der Waals surface area contributed by atoms with Crippen LogP contribution in [0.4, 0.5) is 0 Å². The highest BCUT2D eigenvalue weighted by Crippen LogP contribution is 2.48. The monoisotopic (exact) mass is 394 g/mol. The third-order valence-electron chi connectivity index (χ3n) is 5.63. The maximum Gasteiger partial charge on any atom is 0.255 e. The third kappa shape index (κ3) is 3.95. The van der Waals surface area contributed by atoms with Gasteiger partial charge >= 0.3 is 0 Å². The first kappa shape index (κ1) is 19.1. The van der Waals surface area contributed by atoms with Gasteiger partial charge in [0.25, 0.3) is 5.91 Å². The zero-order valence-electron chi connectivity index (χ0n) is 16.2. The Hall–Kier alpha value is -2.27. The van der Waals surface area contributed by atoms with E-state index in [1.54, 1.807) is 11.8 Å². The Morgan fingerprint density at radius 1 is 0.929 bits per heavy atom. The summed E-state index contributed by atoms with van der Waals surface area (Å²) >= 11 is 1.70. The first-order valence-electron chi connectivity index (χ1n) is 10.0. The zero-order valence-corrected chi connectivity index (χ0v) is 17.0. The van der Waals surface area contributed by atoms with E-state index >= 15 is 0 Å². The lowest BCUT2D eigenvalue weighted by Crippen LogP contribution is -2.51. The molecule has 0 bridgehead atoms. The zero-order chi connectivity index (χ0) is 19.5. The molecule has 2 amide bonds. The highest BCUT2D eigenvalue weighted by molar-refractivity contribution is 7.99. The average Bonchev–Trinajstić information content (AvgIpc) is 3.55. The van der Waals surface area contributed by atoms with Crippen molar-refractivity contribution in [3.8, 4) is 0 Å². The molecular formula is C23H26N2O2S. The first-order valence-corrected chi connectivity index (χ1v) is 11.0. The third-order valence-corrected chi connectivity index (χ3v) is 6.59. The number of nitrogens with zero attached hydrogens (tertiary/aromatic N) is 2. The van der Waals surface area contributed by atoms with Crippen LogP contribution in [-0.2, 0) is 4.79 Å². The van der Waals surface area contributed by atoms with Crippen molar-refractivity contribution in [3.63, 3.8) is 0 Å². The number of carbonyl (C=O) groups excluding carboxylic acids is 2. The van der Waals surface area contributed by atoms with Crippen molar-refractivity contribution in [2.24, 2.45) is 5.92 Å². The molecule has 0 N–H and O–H groups in total. The Morgan fingerprint density at radius 2 is 1.57 bits per heavy atom. The van der Waals surface area contributed by atoms with Gasteiger partial charge in [0.15, 0.2) is 0 Å². The Morgan fingerprint density at radius 3 is 2.29 bits per heavy atom. The molecule has 2 aromatic carbocycles. The normalized spacial score (nSPS) is 21.5. The number of carbonyl (C=O) groups is 2. The van der Waals surface area contributed by atoms with E-state index in [0.29, 0.717) is 32.1 Å². The van der Waals surface area contributed by atoms with Crippen LogP contribution < -0.4 is 0 Å². The summed E-state index contributed by atoms with van der Waals surface area (Å²) in [6.45, 7) is 4.57. The molecule has 1 saturated heterocycles. The van der Waals surface area contributed by atoms with Gasteiger partial charge in [-0.15, -0.1) is 11.8 Å². The van der Waals surface area contributed by atoms with Gasteiger partial charge in [-0.05, 0) is 35.8 Å². The Bertz CT molecular complexity index is 847. The van der Waals surface area contributed by atoms with E-state index in [4.69, 9.17) is 0 Å². The van der Waals surface area contributed by atoms with E-state index in [1.807, 2.05) is 52.3 Å². The van der Waals surface area contributed by atoms with Crippen LogP contribution in [0.2, 0.25) is 0 Å². The van der Waals surface area contributed by atoms with E-state index in [-0.39, 0.29) is 17.7 Å². The van der Waals surface area contributed by atoms with Crippen molar-refractivity contribution in [1.29, 1.82) is 0 Å². The van der Waals surface area contributed by atoms with Gasteiger partial charge in [0.2, 0.25) is 5.91 Å². The molecule has 4 rings (SSSR count). The Labute approximate surface area is 170 Å². The summed E-state index contributed by atoms with van der Waals surface area (Å²) in [5.74, 6) is 1.76. The van der Waals surface area contributed by atoms with Gasteiger partial charge in [-0.1, -0.05) is 49.4 Å². The van der Waals surface area contributed by atoms with Crippen LogP contribution in [0.5, 0.6) is 0 Å². The highest BCUT2D eigenvalue weighted by Gasteiger charge is 2.46. The van der Waals surface area contributed by atoms with E-state index in [0.717, 1.165) is 22.6 Å². The van der Waals surface area contributed by atoms with Gasteiger partial charge in [0.05, 0.1) is 5.56 Å². The van der Waals surface area contributed by atoms with Crippen LogP contribution in [0.15, 0.2) is 59.5 Å². The standard InChI is InChI=1S/C23H26N2O2S/c1-2-28-21-11-7-6-10-18(21)22(26)24-12-14-25(15-13-24)23(27)20-16-19(20)17-8-4-3-5-9-17/h3-11,19-20H,2,12-16H2,1H3/t19-,20+/m1/s1. The van der Waals surface area contributed by atoms with Crippen LogP contribution in [0, 0.1) is 5.92 Å². The second-order valence-electron chi connectivity index (χ2n) is 7.41. The summed E-state index contributed by atoms with van der Waals surface area (Å²) in [6, 6.07) is 18.1. The molecule has 0 radical (unpaired) electrons. The van der Waals surface area contributed by atoms with E-state index in [1.165, 1.54) is 5.56 Å². The SMILES string of the molecule is CCSc1ccccc1C(=O)N1CCN(C(=O)[C@H]2C[C@@H]2c2ccccc2)CC1. The molecule has 146 valence electrons. The molecule has 2 fully saturated rings. The lowest BCUT2D eigenvalue weighted by molar-refractivity contribution is -0.134. The molecule has 28 heavy (non-hydrogen) atoms. The lowest BCUT2D eigenvalue weighted by atomic mass is 10.1. The van der Waals surface area contributed by atoms with Gasteiger partial charge in [0.1, 0.15) is 0 Å². The predicted octanol–water partition coefficient (Wildman–Crippen LogP) is 3.89. The van der Waals surface area contributed by atoms with Gasteiger partial charge in [-0.3, -0.25) is 9.59 Å². The molecule has 2 aromatic rings. The number of rotatable bonds is 5. The second kappa shape index (κ2) is 8.39. The number of piperazine rings is 1. The molecule has 4 nitrogen and oxygen atoms in total. The molecule has 1 saturated carbocycles. The van der Waals surface area contributed by atoms with E-state index in [2.05, 4.69) is 19.1 Å². The number of hydrogen-bond donors (Lipinski definition) is 0. The smallest absolute Gasteiger partial charge is 0.255 e. The van der Waals surface area contributed by atoms with Crippen LogP contribution >= 0.6 is 11.8 Å². The number of hydrogen-bond acceptors (Lipinski definition) is 3.